The van der Waals surface area contributed by atoms with Crippen LogP contribution < -0.4 is 5.73 Å². The largest absolute Gasteiger partial charge is 0.319 e. The average molecular weight is 180 g/mol. The van der Waals surface area contributed by atoms with Crippen LogP contribution in [0.2, 0.25) is 0 Å². The lowest BCUT2D eigenvalue weighted by Crippen LogP contribution is -2.33. The van der Waals surface area contributed by atoms with Crippen LogP contribution in [-0.4, -0.2) is 4.98 Å². The van der Waals surface area contributed by atoms with E-state index in [9.17, 15) is 0 Å². The highest BCUT2D eigenvalue weighted by molar-refractivity contribution is 7.09. The van der Waals surface area contributed by atoms with Crippen molar-refractivity contribution in [3.05, 3.63) is 28.2 Å². The minimum absolute atomic E-state index is 0.196. The van der Waals surface area contributed by atoms with Gasteiger partial charge >= 0.3 is 0 Å². The predicted octanol–water partition coefficient (Wildman–Crippen LogP) is 1.96. The molecule has 1 aliphatic carbocycles. The highest BCUT2D eigenvalue weighted by Gasteiger charge is 2.30. The van der Waals surface area contributed by atoms with E-state index >= 15 is 0 Å². The number of aryl methyl sites for hydroxylation is 1. The molecular weight excluding hydrogens is 168 g/mol. The summed E-state index contributed by atoms with van der Waals surface area (Å²) >= 11 is 1.67. The van der Waals surface area contributed by atoms with Gasteiger partial charge in [0, 0.05) is 11.1 Å². The SMILES string of the molecule is Cc1csc(C2(N)CC=CC2)n1. The summed E-state index contributed by atoms with van der Waals surface area (Å²) < 4.78 is 0. The Morgan fingerprint density at radius 2 is 2.17 bits per heavy atom. The average Bonchev–Trinajstić information content (AvgIpc) is 2.59. The molecule has 2 rings (SSSR count). The monoisotopic (exact) mass is 180 g/mol. The van der Waals surface area contributed by atoms with Crippen LogP contribution in [0.4, 0.5) is 0 Å². The molecule has 0 bridgehead atoms. The first-order chi connectivity index (χ1) is 5.71. The normalized spacial score (nSPS) is 20.2. The number of aromatic nitrogens is 1. The van der Waals surface area contributed by atoms with Crippen molar-refractivity contribution in [2.75, 3.05) is 0 Å². The van der Waals surface area contributed by atoms with E-state index in [4.69, 9.17) is 5.73 Å². The van der Waals surface area contributed by atoms with Gasteiger partial charge in [0.1, 0.15) is 5.01 Å². The fourth-order valence-electron chi connectivity index (χ4n) is 1.43. The Morgan fingerprint density at radius 3 is 2.67 bits per heavy atom. The highest BCUT2D eigenvalue weighted by atomic mass is 32.1. The maximum atomic E-state index is 6.18. The Labute approximate surface area is 76.1 Å². The zero-order valence-electron chi connectivity index (χ0n) is 7.08. The molecule has 3 heteroatoms. The Kier molecular flexibility index (Phi) is 1.77. The highest BCUT2D eigenvalue weighted by Crippen LogP contribution is 2.33. The molecule has 0 fully saturated rings. The van der Waals surface area contributed by atoms with Crippen molar-refractivity contribution in [2.45, 2.75) is 25.3 Å². The summed E-state index contributed by atoms with van der Waals surface area (Å²) in [5, 5.41) is 3.13. The molecule has 1 aromatic heterocycles. The van der Waals surface area contributed by atoms with Crippen molar-refractivity contribution < 1.29 is 0 Å². The summed E-state index contributed by atoms with van der Waals surface area (Å²) in [6.07, 6.45) is 6.13. The first-order valence-corrected chi connectivity index (χ1v) is 4.95. The number of rotatable bonds is 1. The molecule has 2 N–H and O–H groups in total. The summed E-state index contributed by atoms with van der Waals surface area (Å²) in [6.45, 7) is 2.01. The lowest BCUT2D eigenvalue weighted by Gasteiger charge is -2.19. The third-order valence-electron chi connectivity index (χ3n) is 2.18. The fourth-order valence-corrected chi connectivity index (χ4v) is 2.36. The molecule has 0 unspecified atom stereocenters. The van der Waals surface area contributed by atoms with Crippen molar-refractivity contribution in [1.29, 1.82) is 0 Å². The minimum Gasteiger partial charge on any atom is -0.319 e. The van der Waals surface area contributed by atoms with E-state index in [0.717, 1.165) is 23.5 Å². The molecule has 1 heterocycles. The number of nitrogens with zero attached hydrogens (tertiary/aromatic N) is 1. The third-order valence-corrected chi connectivity index (χ3v) is 3.36. The van der Waals surface area contributed by atoms with Crippen molar-refractivity contribution in [3.63, 3.8) is 0 Å². The maximum absolute atomic E-state index is 6.18. The molecule has 1 aliphatic rings. The van der Waals surface area contributed by atoms with Crippen LogP contribution in [0.25, 0.3) is 0 Å². The summed E-state index contributed by atoms with van der Waals surface area (Å²) in [7, 11) is 0. The Balaban J connectivity index is 2.30. The molecule has 0 atom stereocenters. The molecular formula is C9H12N2S. The predicted molar refractivity (Wildman–Crippen MR) is 51.1 cm³/mol. The number of thiazole rings is 1. The van der Waals surface area contributed by atoms with E-state index in [1.165, 1.54) is 0 Å². The van der Waals surface area contributed by atoms with Gasteiger partial charge in [-0.15, -0.1) is 11.3 Å². The fraction of sp³-hybridized carbons (Fsp3) is 0.444. The van der Waals surface area contributed by atoms with E-state index < -0.39 is 0 Å². The second-order valence-electron chi connectivity index (χ2n) is 3.33. The molecule has 0 aromatic carbocycles. The van der Waals surface area contributed by atoms with Crippen molar-refractivity contribution in [1.82, 2.24) is 4.98 Å². The summed E-state index contributed by atoms with van der Waals surface area (Å²) in [6, 6.07) is 0. The molecule has 0 saturated carbocycles. The van der Waals surface area contributed by atoms with Crippen LogP contribution >= 0.6 is 11.3 Å². The van der Waals surface area contributed by atoms with Crippen LogP contribution in [0.15, 0.2) is 17.5 Å². The van der Waals surface area contributed by atoms with Crippen molar-refractivity contribution in [3.8, 4) is 0 Å². The van der Waals surface area contributed by atoms with Gasteiger partial charge in [0.2, 0.25) is 0 Å². The van der Waals surface area contributed by atoms with E-state index in [-0.39, 0.29) is 5.54 Å². The first-order valence-electron chi connectivity index (χ1n) is 4.07. The third kappa shape index (κ3) is 1.19. The van der Waals surface area contributed by atoms with E-state index in [0.29, 0.717) is 0 Å². The van der Waals surface area contributed by atoms with Crippen LogP contribution in [0.3, 0.4) is 0 Å². The molecule has 0 amide bonds. The smallest absolute Gasteiger partial charge is 0.113 e. The number of hydrogen-bond donors (Lipinski definition) is 1. The molecule has 2 nitrogen and oxygen atoms in total. The molecule has 1 aromatic rings. The van der Waals surface area contributed by atoms with Crippen molar-refractivity contribution in [2.24, 2.45) is 5.73 Å². The van der Waals surface area contributed by atoms with Gasteiger partial charge in [-0.3, -0.25) is 0 Å². The Bertz CT molecular complexity index is 306. The molecule has 0 spiro atoms. The van der Waals surface area contributed by atoms with Crippen LogP contribution in [0.1, 0.15) is 23.5 Å². The van der Waals surface area contributed by atoms with Crippen molar-refractivity contribution >= 4 is 11.3 Å². The van der Waals surface area contributed by atoms with Crippen LogP contribution in [0.5, 0.6) is 0 Å². The topological polar surface area (TPSA) is 38.9 Å². The zero-order chi connectivity index (χ0) is 8.60. The van der Waals surface area contributed by atoms with Gasteiger partial charge in [-0.2, -0.15) is 0 Å². The first kappa shape index (κ1) is 7.95. The van der Waals surface area contributed by atoms with Gasteiger partial charge < -0.3 is 5.73 Å². The summed E-state index contributed by atoms with van der Waals surface area (Å²) in [4.78, 5) is 4.42. The van der Waals surface area contributed by atoms with Gasteiger partial charge in [-0.25, -0.2) is 4.98 Å². The van der Waals surface area contributed by atoms with E-state index in [1.54, 1.807) is 11.3 Å². The molecule has 0 aliphatic heterocycles. The van der Waals surface area contributed by atoms with Gasteiger partial charge in [0.15, 0.2) is 0 Å². The number of nitrogens with two attached hydrogens (primary N) is 1. The van der Waals surface area contributed by atoms with Crippen LogP contribution in [-0.2, 0) is 5.54 Å². The second kappa shape index (κ2) is 2.68. The van der Waals surface area contributed by atoms with Crippen LogP contribution in [0, 0.1) is 6.92 Å². The molecule has 0 radical (unpaired) electrons. The lowest BCUT2D eigenvalue weighted by atomic mass is 9.99. The molecule has 0 saturated heterocycles. The van der Waals surface area contributed by atoms with Gasteiger partial charge in [-0.05, 0) is 19.8 Å². The van der Waals surface area contributed by atoms with Gasteiger partial charge in [0.25, 0.3) is 0 Å². The number of hydrogen-bond acceptors (Lipinski definition) is 3. The standard InChI is InChI=1S/C9H12N2S/c1-7-6-12-8(11-7)9(10)4-2-3-5-9/h2-3,6H,4-5,10H2,1H3. The van der Waals surface area contributed by atoms with E-state index in [2.05, 4.69) is 22.5 Å². The molecule has 64 valence electrons. The summed E-state index contributed by atoms with van der Waals surface area (Å²) in [5.74, 6) is 0. The Morgan fingerprint density at radius 1 is 1.50 bits per heavy atom. The Hall–Kier alpha value is -0.670. The maximum Gasteiger partial charge on any atom is 0.113 e. The second-order valence-corrected chi connectivity index (χ2v) is 4.19. The van der Waals surface area contributed by atoms with Gasteiger partial charge in [0.05, 0.1) is 5.54 Å². The lowest BCUT2D eigenvalue weighted by molar-refractivity contribution is 0.477. The minimum atomic E-state index is -0.196. The van der Waals surface area contributed by atoms with E-state index in [1.807, 2.05) is 6.92 Å². The quantitative estimate of drug-likeness (QED) is 0.671. The van der Waals surface area contributed by atoms with Gasteiger partial charge in [-0.1, -0.05) is 12.2 Å². The zero-order valence-corrected chi connectivity index (χ0v) is 7.90. The summed E-state index contributed by atoms with van der Waals surface area (Å²) in [5.41, 5.74) is 7.06. The molecule has 12 heavy (non-hydrogen) atoms.